The molecule has 1 aromatic rings. The highest BCUT2D eigenvalue weighted by molar-refractivity contribution is 14.1. The summed E-state index contributed by atoms with van der Waals surface area (Å²) < 4.78 is 1.33. The van der Waals surface area contributed by atoms with Gasteiger partial charge in [0.15, 0.2) is 0 Å². The van der Waals surface area contributed by atoms with Crippen molar-refractivity contribution in [3.05, 3.63) is 32.4 Å². The first kappa shape index (κ1) is 8.51. The summed E-state index contributed by atoms with van der Waals surface area (Å²) in [7, 11) is 0. The molecule has 0 spiro atoms. The Morgan fingerprint density at radius 2 is 2.25 bits per heavy atom. The molecule has 1 aromatic carbocycles. The van der Waals surface area contributed by atoms with Gasteiger partial charge in [-0.15, -0.1) is 0 Å². The number of aryl methyl sites for hydroxylation is 1. The van der Waals surface area contributed by atoms with Crippen LogP contribution in [0.15, 0.2) is 12.1 Å². The van der Waals surface area contributed by atoms with Crippen molar-refractivity contribution in [2.24, 2.45) is 5.73 Å². The van der Waals surface area contributed by atoms with Crippen LogP contribution >= 0.6 is 22.6 Å². The van der Waals surface area contributed by atoms with E-state index in [-0.39, 0.29) is 6.04 Å². The molecule has 0 unspecified atom stereocenters. The average molecular weight is 273 g/mol. The molecule has 2 heteroatoms. The van der Waals surface area contributed by atoms with E-state index < -0.39 is 0 Å². The highest BCUT2D eigenvalue weighted by Gasteiger charge is 2.22. The smallest absolute Gasteiger partial charge is 0.0311 e. The number of benzene rings is 1. The Labute approximate surface area is 86.5 Å². The second-order valence-corrected chi connectivity index (χ2v) is 4.56. The Kier molecular flexibility index (Phi) is 2.12. The van der Waals surface area contributed by atoms with Crippen LogP contribution in [-0.2, 0) is 6.42 Å². The summed E-state index contributed by atoms with van der Waals surface area (Å²) >= 11 is 2.38. The van der Waals surface area contributed by atoms with E-state index in [0.717, 1.165) is 6.42 Å². The fourth-order valence-electron chi connectivity index (χ4n) is 1.92. The van der Waals surface area contributed by atoms with Gasteiger partial charge in [0.05, 0.1) is 0 Å². The van der Waals surface area contributed by atoms with Crippen molar-refractivity contribution in [1.29, 1.82) is 0 Å². The Bertz CT molecular complexity index is 320. The molecule has 0 aliphatic heterocycles. The minimum Gasteiger partial charge on any atom is -0.324 e. The van der Waals surface area contributed by atoms with E-state index >= 15 is 0 Å². The molecule has 0 bridgehead atoms. The van der Waals surface area contributed by atoms with E-state index in [4.69, 9.17) is 5.73 Å². The first-order chi connectivity index (χ1) is 5.70. The van der Waals surface area contributed by atoms with E-state index in [2.05, 4.69) is 41.6 Å². The number of halogens is 1. The molecule has 64 valence electrons. The summed E-state index contributed by atoms with van der Waals surface area (Å²) in [5.41, 5.74) is 10.3. The van der Waals surface area contributed by atoms with Crippen molar-refractivity contribution >= 4 is 22.6 Å². The average Bonchev–Trinajstić information content (AvgIpc) is 2.42. The molecule has 2 N–H and O–H groups in total. The molecule has 0 radical (unpaired) electrons. The van der Waals surface area contributed by atoms with Crippen LogP contribution in [0.5, 0.6) is 0 Å². The van der Waals surface area contributed by atoms with Gasteiger partial charge in [-0.25, -0.2) is 0 Å². The first-order valence-corrected chi connectivity index (χ1v) is 5.31. The third kappa shape index (κ3) is 1.17. The number of nitrogens with two attached hydrogens (primary N) is 1. The number of rotatable bonds is 0. The highest BCUT2D eigenvalue weighted by atomic mass is 127. The van der Waals surface area contributed by atoms with Crippen molar-refractivity contribution < 1.29 is 0 Å². The van der Waals surface area contributed by atoms with E-state index in [9.17, 15) is 0 Å². The highest BCUT2D eigenvalue weighted by Crippen LogP contribution is 2.34. The molecule has 1 aliphatic rings. The zero-order chi connectivity index (χ0) is 8.72. The Morgan fingerprint density at radius 1 is 1.50 bits per heavy atom. The molecule has 0 amide bonds. The largest absolute Gasteiger partial charge is 0.324 e. The second kappa shape index (κ2) is 3.00. The van der Waals surface area contributed by atoms with Crippen LogP contribution in [0.1, 0.15) is 29.2 Å². The van der Waals surface area contributed by atoms with Gasteiger partial charge in [-0.3, -0.25) is 0 Å². The molecular formula is C10H12IN. The van der Waals surface area contributed by atoms with Crippen molar-refractivity contribution in [3.63, 3.8) is 0 Å². The molecule has 1 aliphatic carbocycles. The van der Waals surface area contributed by atoms with Crippen LogP contribution in [0.2, 0.25) is 0 Å². The van der Waals surface area contributed by atoms with Crippen LogP contribution in [0.3, 0.4) is 0 Å². The zero-order valence-electron chi connectivity index (χ0n) is 7.10. The molecule has 0 aromatic heterocycles. The molecule has 1 nitrogen and oxygen atoms in total. The van der Waals surface area contributed by atoms with Crippen LogP contribution in [0, 0.1) is 10.5 Å². The van der Waals surface area contributed by atoms with Gasteiger partial charge in [0.1, 0.15) is 0 Å². The maximum Gasteiger partial charge on any atom is 0.0311 e. The van der Waals surface area contributed by atoms with Crippen molar-refractivity contribution in [2.45, 2.75) is 25.8 Å². The predicted molar refractivity (Wildman–Crippen MR) is 59.1 cm³/mol. The minimum absolute atomic E-state index is 0.284. The van der Waals surface area contributed by atoms with Crippen LogP contribution in [0.25, 0.3) is 0 Å². The number of hydrogen-bond donors (Lipinski definition) is 1. The number of hydrogen-bond acceptors (Lipinski definition) is 1. The van der Waals surface area contributed by atoms with Gasteiger partial charge < -0.3 is 5.73 Å². The summed E-state index contributed by atoms with van der Waals surface area (Å²) in [6.07, 6.45) is 2.29. The Balaban J connectivity index is 2.64. The predicted octanol–water partition coefficient (Wildman–Crippen LogP) is 2.55. The van der Waals surface area contributed by atoms with Crippen LogP contribution in [-0.4, -0.2) is 0 Å². The van der Waals surface area contributed by atoms with Crippen LogP contribution < -0.4 is 5.73 Å². The quantitative estimate of drug-likeness (QED) is 0.722. The van der Waals surface area contributed by atoms with Crippen molar-refractivity contribution in [1.82, 2.24) is 0 Å². The lowest BCUT2D eigenvalue weighted by Gasteiger charge is -2.09. The Hall–Kier alpha value is -0.0900. The third-order valence-corrected chi connectivity index (χ3v) is 3.55. The van der Waals surface area contributed by atoms with Gasteiger partial charge in [-0.2, -0.15) is 0 Å². The van der Waals surface area contributed by atoms with E-state index in [1.54, 1.807) is 0 Å². The van der Waals surface area contributed by atoms with Gasteiger partial charge in [0.2, 0.25) is 0 Å². The van der Waals surface area contributed by atoms with Gasteiger partial charge in [-0.1, -0.05) is 6.07 Å². The normalized spacial score (nSPS) is 21.1. The maximum absolute atomic E-state index is 6.01. The standard InChI is InChI=1S/C10H12IN/c1-6-2-4-8(11)10-7(6)3-5-9(10)12/h2,4,9H,3,5,12H2,1H3/t9-/m0/s1. The molecule has 1 atom stereocenters. The molecular weight excluding hydrogens is 261 g/mol. The minimum atomic E-state index is 0.284. The lowest BCUT2D eigenvalue weighted by Crippen LogP contribution is -2.07. The van der Waals surface area contributed by atoms with Crippen molar-refractivity contribution in [3.8, 4) is 0 Å². The van der Waals surface area contributed by atoms with E-state index in [1.807, 2.05) is 0 Å². The Morgan fingerprint density at radius 3 is 2.92 bits per heavy atom. The maximum atomic E-state index is 6.01. The first-order valence-electron chi connectivity index (χ1n) is 4.23. The summed E-state index contributed by atoms with van der Waals surface area (Å²) in [5, 5.41) is 0. The summed E-state index contributed by atoms with van der Waals surface area (Å²) in [5.74, 6) is 0. The van der Waals surface area contributed by atoms with Crippen LogP contribution in [0.4, 0.5) is 0 Å². The zero-order valence-corrected chi connectivity index (χ0v) is 9.26. The number of fused-ring (bicyclic) bond motifs is 1. The second-order valence-electron chi connectivity index (χ2n) is 3.40. The molecule has 0 saturated heterocycles. The lowest BCUT2D eigenvalue weighted by molar-refractivity contribution is 0.711. The molecule has 2 rings (SSSR count). The fourth-order valence-corrected chi connectivity index (χ4v) is 2.83. The van der Waals surface area contributed by atoms with E-state index in [0.29, 0.717) is 0 Å². The van der Waals surface area contributed by atoms with Crippen molar-refractivity contribution in [2.75, 3.05) is 0 Å². The van der Waals surface area contributed by atoms with E-state index in [1.165, 1.54) is 26.7 Å². The van der Waals surface area contributed by atoms with Gasteiger partial charge in [0.25, 0.3) is 0 Å². The molecule has 0 heterocycles. The summed E-state index contributed by atoms with van der Waals surface area (Å²) in [6.45, 7) is 2.17. The SMILES string of the molecule is Cc1ccc(I)c2c1CC[C@@H]2N. The van der Waals surface area contributed by atoms with Gasteiger partial charge in [0, 0.05) is 9.61 Å². The fraction of sp³-hybridized carbons (Fsp3) is 0.400. The molecule has 12 heavy (non-hydrogen) atoms. The summed E-state index contributed by atoms with van der Waals surface area (Å²) in [4.78, 5) is 0. The topological polar surface area (TPSA) is 26.0 Å². The molecule has 0 saturated carbocycles. The molecule has 0 fully saturated rings. The lowest BCUT2D eigenvalue weighted by atomic mass is 10.0. The monoisotopic (exact) mass is 273 g/mol. The van der Waals surface area contributed by atoms with Gasteiger partial charge >= 0.3 is 0 Å². The van der Waals surface area contributed by atoms with Gasteiger partial charge in [-0.05, 0) is 65.1 Å². The summed E-state index contributed by atoms with van der Waals surface area (Å²) in [6, 6.07) is 4.64. The third-order valence-electron chi connectivity index (χ3n) is 2.61.